The Balaban J connectivity index is 2.06. The van der Waals surface area contributed by atoms with Crippen LogP contribution < -0.4 is 10.1 Å². The Morgan fingerprint density at radius 1 is 1.12 bits per heavy atom. The fourth-order valence-electron chi connectivity index (χ4n) is 2.16. The van der Waals surface area contributed by atoms with E-state index < -0.39 is 17.8 Å². The number of nitrogens with one attached hydrogen (secondary N) is 1. The number of methoxy groups -OCH3 is 1. The standard InChI is InChI=1S/C17H17F3N2O2/c1-22(11-12-5-3-4-6-15(12)17(18,19)20)16(23)21-13-7-9-14(24-2)10-8-13/h3-10H,11H2,1-2H3,(H,21,23). The summed E-state index contributed by atoms with van der Waals surface area (Å²) in [6, 6.07) is 11.3. The molecule has 2 amide bonds. The van der Waals surface area contributed by atoms with Gasteiger partial charge >= 0.3 is 12.2 Å². The molecular weight excluding hydrogens is 321 g/mol. The quantitative estimate of drug-likeness (QED) is 0.899. The number of alkyl halides is 3. The smallest absolute Gasteiger partial charge is 0.416 e. The number of nitrogens with zero attached hydrogens (tertiary/aromatic N) is 1. The van der Waals surface area contributed by atoms with Gasteiger partial charge in [-0.1, -0.05) is 18.2 Å². The topological polar surface area (TPSA) is 41.6 Å². The van der Waals surface area contributed by atoms with Crippen molar-refractivity contribution in [2.75, 3.05) is 19.5 Å². The molecule has 2 aromatic rings. The number of halogens is 3. The maximum Gasteiger partial charge on any atom is 0.416 e. The summed E-state index contributed by atoms with van der Waals surface area (Å²) in [5, 5.41) is 2.62. The van der Waals surface area contributed by atoms with Crippen molar-refractivity contribution in [3.63, 3.8) is 0 Å². The number of hydrogen-bond donors (Lipinski definition) is 1. The summed E-state index contributed by atoms with van der Waals surface area (Å²) in [5.74, 6) is 0.639. The average Bonchev–Trinajstić information content (AvgIpc) is 2.55. The zero-order valence-electron chi connectivity index (χ0n) is 13.2. The molecule has 0 heterocycles. The van der Waals surface area contributed by atoms with E-state index in [4.69, 9.17) is 4.74 Å². The van der Waals surface area contributed by atoms with Crippen molar-refractivity contribution in [3.8, 4) is 5.75 Å². The summed E-state index contributed by atoms with van der Waals surface area (Å²) in [6.45, 7) is -0.155. The first-order valence-electron chi connectivity index (χ1n) is 7.12. The molecule has 4 nitrogen and oxygen atoms in total. The van der Waals surface area contributed by atoms with Crippen molar-refractivity contribution in [3.05, 3.63) is 59.7 Å². The van der Waals surface area contributed by atoms with Crippen LogP contribution in [0, 0.1) is 0 Å². The molecule has 0 saturated heterocycles. The highest BCUT2D eigenvalue weighted by molar-refractivity contribution is 5.89. The lowest BCUT2D eigenvalue weighted by Crippen LogP contribution is -2.31. The first-order valence-corrected chi connectivity index (χ1v) is 7.12. The Hall–Kier alpha value is -2.70. The summed E-state index contributed by atoms with van der Waals surface area (Å²) in [4.78, 5) is 13.3. The minimum Gasteiger partial charge on any atom is -0.497 e. The van der Waals surface area contributed by atoms with E-state index in [1.807, 2.05) is 0 Å². The zero-order valence-corrected chi connectivity index (χ0v) is 13.2. The molecule has 0 aliphatic rings. The Kier molecular flexibility index (Phi) is 5.33. The van der Waals surface area contributed by atoms with E-state index in [1.165, 1.54) is 37.3 Å². The molecule has 0 atom stereocenters. The van der Waals surface area contributed by atoms with E-state index in [2.05, 4.69) is 5.32 Å². The predicted molar refractivity (Wildman–Crippen MR) is 84.9 cm³/mol. The summed E-state index contributed by atoms with van der Waals surface area (Å²) in [7, 11) is 2.96. The lowest BCUT2D eigenvalue weighted by atomic mass is 10.1. The molecule has 7 heteroatoms. The van der Waals surface area contributed by atoms with Crippen molar-refractivity contribution < 1.29 is 22.7 Å². The van der Waals surface area contributed by atoms with Gasteiger partial charge in [-0.25, -0.2) is 4.79 Å². The van der Waals surface area contributed by atoms with E-state index >= 15 is 0 Å². The van der Waals surface area contributed by atoms with Gasteiger partial charge in [0, 0.05) is 19.3 Å². The number of carbonyl (C=O) groups excluding carboxylic acids is 1. The lowest BCUT2D eigenvalue weighted by Gasteiger charge is -2.20. The van der Waals surface area contributed by atoms with Gasteiger partial charge in [-0.3, -0.25) is 0 Å². The average molecular weight is 338 g/mol. The monoisotopic (exact) mass is 338 g/mol. The number of ether oxygens (including phenoxy) is 1. The van der Waals surface area contributed by atoms with Crippen molar-refractivity contribution in [1.29, 1.82) is 0 Å². The maximum atomic E-state index is 13.0. The molecule has 2 rings (SSSR count). The highest BCUT2D eigenvalue weighted by Gasteiger charge is 2.33. The van der Waals surface area contributed by atoms with Gasteiger partial charge < -0.3 is 15.0 Å². The molecule has 0 aliphatic carbocycles. The SMILES string of the molecule is COc1ccc(NC(=O)N(C)Cc2ccccc2C(F)(F)F)cc1. The highest BCUT2D eigenvalue weighted by Crippen LogP contribution is 2.32. The molecule has 1 N–H and O–H groups in total. The van der Waals surface area contributed by atoms with Gasteiger partial charge in [-0.2, -0.15) is 13.2 Å². The molecule has 128 valence electrons. The summed E-state index contributed by atoms with van der Waals surface area (Å²) >= 11 is 0. The molecule has 2 aromatic carbocycles. The van der Waals surface area contributed by atoms with E-state index in [0.717, 1.165) is 6.07 Å². The van der Waals surface area contributed by atoms with Gasteiger partial charge in [-0.05, 0) is 35.9 Å². The number of rotatable bonds is 4. The predicted octanol–water partition coefficient (Wildman–Crippen LogP) is 4.38. The summed E-state index contributed by atoms with van der Waals surface area (Å²) in [5.41, 5.74) is -0.178. The molecular formula is C17H17F3N2O2. The van der Waals surface area contributed by atoms with Gasteiger partial charge in [0.25, 0.3) is 0 Å². The second-order valence-corrected chi connectivity index (χ2v) is 5.17. The molecule has 24 heavy (non-hydrogen) atoms. The molecule has 0 radical (unpaired) electrons. The fourth-order valence-corrected chi connectivity index (χ4v) is 2.16. The molecule has 0 saturated carbocycles. The molecule has 0 bridgehead atoms. The van der Waals surface area contributed by atoms with Crippen LogP contribution in [0.1, 0.15) is 11.1 Å². The third-order valence-corrected chi connectivity index (χ3v) is 3.42. The Morgan fingerprint density at radius 3 is 2.33 bits per heavy atom. The largest absolute Gasteiger partial charge is 0.497 e. The van der Waals surface area contributed by atoms with Crippen LogP contribution in [0.3, 0.4) is 0 Å². The van der Waals surface area contributed by atoms with E-state index in [9.17, 15) is 18.0 Å². The second kappa shape index (κ2) is 7.25. The number of carbonyl (C=O) groups is 1. The van der Waals surface area contributed by atoms with Gasteiger partial charge in [0.1, 0.15) is 5.75 Å². The Labute approximate surface area is 137 Å². The third kappa shape index (κ3) is 4.41. The second-order valence-electron chi connectivity index (χ2n) is 5.17. The van der Waals surface area contributed by atoms with Gasteiger partial charge in [0.2, 0.25) is 0 Å². The number of benzene rings is 2. The van der Waals surface area contributed by atoms with Crippen LogP contribution in [0.5, 0.6) is 5.75 Å². The zero-order chi connectivity index (χ0) is 17.7. The maximum absolute atomic E-state index is 13.0. The van der Waals surface area contributed by atoms with Crippen LogP contribution in [0.4, 0.5) is 23.7 Å². The van der Waals surface area contributed by atoms with Crippen LogP contribution >= 0.6 is 0 Å². The van der Waals surface area contributed by atoms with Crippen LogP contribution in [0.15, 0.2) is 48.5 Å². The number of amides is 2. The first kappa shape index (κ1) is 17.7. The number of hydrogen-bond acceptors (Lipinski definition) is 2. The number of urea groups is 1. The summed E-state index contributed by atoms with van der Waals surface area (Å²) < 4.78 is 44.0. The van der Waals surface area contributed by atoms with Crippen molar-refractivity contribution in [1.82, 2.24) is 4.90 Å². The van der Waals surface area contributed by atoms with Crippen LogP contribution in [-0.2, 0) is 12.7 Å². The number of anilines is 1. The minimum absolute atomic E-state index is 0.0392. The van der Waals surface area contributed by atoms with Crippen molar-refractivity contribution in [2.24, 2.45) is 0 Å². The molecule has 0 unspecified atom stereocenters. The van der Waals surface area contributed by atoms with Crippen LogP contribution in [-0.4, -0.2) is 25.1 Å². The first-order chi connectivity index (χ1) is 11.3. The van der Waals surface area contributed by atoms with Gasteiger partial charge in [0.15, 0.2) is 0 Å². The van der Waals surface area contributed by atoms with E-state index in [1.54, 1.807) is 24.3 Å². The van der Waals surface area contributed by atoms with Crippen molar-refractivity contribution in [2.45, 2.75) is 12.7 Å². The molecule has 0 spiro atoms. The Morgan fingerprint density at radius 2 is 1.75 bits per heavy atom. The lowest BCUT2D eigenvalue weighted by molar-refractivity contribution is -0.138. The Bertz CT molecular complexity index is 700. The van der Waals surface area contributed by atoms with Gasteiger partial charge in [0.05, 0.1) is 12.7 Å². The summed E-state index contributed by atoms with van der Waals surface area (Å²) in [6.07, 6.45) is -4.45. The molecule has 0 aromatic heterocycles. The molecule has 0 aliphatic heterocycles. The van der Waals surface area contributed by atoms with E-state index in [0.29, 0.717) is 11.4 Å². The fraction of sp³-hybridized carbons (Fsp3) is 0.235. The normalized spacial score (nSPS) is 11.0. The van der Waals surface area contributed by atoms with Crippen molar-refractivity contribution >= 4 is 11.7 Å². The highest BCUT2D eigenvalue weighted by atomic mass is 19.4. The van der Waals surface area contributed by atoms with Crippen LogP contribution in [0.2, 0.25) is 0 Å². The minimum atomic E-state index is -4.45. The molecule has 0 fully saturated rings. The third-order valence-electron chi connectivity index (χ3n) is 3.42. The van der Waals surface area contributed by atoms with E-state index in [-0.39, 0.29) is 12.1 Å². The van der Waals surface area contributed by atoms with Gasteiger partial charge in [-0.15, -0.1) is 0 Å². The van der Waals surface area contributed by atoms with Crippen LogP contribution in [0.25, 0.3) is 0 Å².